The molecule has 1 aromatic rings. The van der Waals surface area contributed by atoms with Gasteiger partial charge in [0.25, 0.3) is 0 Å². The molecule has 0 amide bonds. The molecular weight excluding hydrogens is 294 g/mol. The van der Waals surface area contributed by atoms with Crippen molar-refractivity contribution in [1.82, 2.24) is 5.06 Å². The number of rotatable bonds is 13. The minimum Gasteiger partial charge on any atom is -0.298 e. The van der Waals surface area contributed by atoms with Crippen molar-refractivity contribution in [3.8, 4) is 0 Å². The topological polar surface area (TPSA) is 12.5 Å². The van der Waals surface area contributed by atoms with Crippen molar-refractivity contribution in [3.05, 3.63) is 35.9 Å². The van der Waals surface area contributed by atoms with Crippen LogP contribution in [0.25, 0.3) is 0 Å². The van der Waals surface area contributed by atoms with Crippen LogP contribution in [0.2, 0.25) is 0 Å². The monoisotopic (exact) mass is 333 g/mol. The summed E-state index contributed by atoms with van der Waals surface area (Å²) in [6.07, 6.45) is 11.8. The van der Waals surface area contributed by atoms with Gasteiger partial charge in [0, 0.05) is 12.1 Å². The fourth-order valence-corrected chi connectivity index (χ4v) is 2.90. The molecule has 1 rings (SSSR count). The molecule has 2 heteroatoms. The highest BCUT2D eigenvalue weighted by Crippen LogP contribution is 2.16. The fourth-order valence-electron chi connectivity index (χ4n) is 2.90. The Morgan fingerprint density at radius 1 is 0.833 bits per heavy atom. The van der Waals surface area contributed by atoms with Gasteiger partial charge in [0.1, 0.15) is 0 Å². The van der Waals surface area contributed by atoms with E-state index in [4.69, 9.17) is 4.84 Å². The first-order chi connectivity index (χ1) is 11.5. The lowest BCUT2D eigenvalue weighted by Crippen LogP contribution is -2.42. The van der Waals surface area contributed by atoms with Crippen molar-refractivity contribution in [3.63, 3.8) is 0 Å². The van der Waals surface area contributed by atoms with Crippen LogP contribution >= 0.6 is 0 Å². The molecule has 1 aromatic carbocycles. The Kier molecular flexibility index (Phi) is 11.0. The summed E-state index contributed by atoms with van der Waals surface area (Å²) in [6, 6.07) is 10.6. The van der Waals surface area contributed by atoms with Crippen LogP contribution in [0.1, 0.15) is 84.6 Å². The molecule has 0 unspecified atom stereocenters. The van der Waals surface area contributed by atoms with Gasteiger partial charge >= 0.3 is 0 Å². The highest BCUT2D eigenvalue weighted by molar-refractivity contribution is 5.14. The lowest BCUT2D eigenvalue weighted by molar-refractivity contribution is -0.209. The molecule has 2 nitrogen and oxygen atoms in total. The lowest BCUT2D eigenvalue weighted by Gasteiger charge is -2.34. The van der Waals surface area contributed by atoms with Crippen molar-refractivity contribution in [2.75, 3.05) is 13.2 Å². The Morgan fingerprint density at radius 3 is 2.00 bits per heavy atom. The van der Waals surface area contributed by atoms with Gasteiger partial charge in [-0.05, 0) is 39.2 Å². The molecule has 0 aliphatic rings. The van der Waals surface area contributed by atoms with Crippen LogP contribution in [-0.4, -0.2) is 23.8 Å². The molecular formula is C22H39NO. The number of unbranched alkanes of at least 4 members (excludes halogenated alkanes) is 7. The SMILES string of the molecule is CCCCCCCCCCN(OCCc1ccccc1)C(C)(C)C. The van der Waals surface area contributed by atoms with E-state index >= 15 is 0 Å². The van der Waals surface area contributed by atoms with Crippen molar-refractivity contribution in [2.24, 2.45) is 0 Å². The predicted octanol–water partition coefficient (Wildman–Crippen LogP) is 6.40. The predicted molar refractivity (Wildman–Crippen MR) is 105 cm³/mol. The van der Waals surface area contributed by atoms with E-state index in [0.29, 0.717) is 0 Å². The third-order valence-electron chi connectivity index (χ3n) is 4.44. The van der Waals surface area contributed by atoms with Gasteiger partial charge in [-0.15, -0.1) is 0 Å². The molecule has 0 heterocycles. The van der Waals surface area contributed by atoms with E-state index in [1.165, 1.54) is 56.9 Å². The second kappa shape index (κ2) is 12.5. The Balaban J connectivity index is 2.18. The molecule has 0 fully saturated rings. The Bertz CT molecular complexity index is 396. The fraction of sp³-hybridized carbons (Fsp3) is 0.727. The zero-order chi connectivity index (χ0) is 17.7. The summed E-state index contributed by atoms with van der Waals surface area (Å²) in [7, 11) is 0. The van der Waals surface area contributed by atoms with E-state index in [1.807, 2.05) is 0 Å². The van der Waals surface area contributed by atoms with E-state index in [9.17, 15) is 0 Å². The maximum absolute atomic E-state index is 6.10. The van der Waals surface area contributed by atoms with Gasteiger partial charge in [-0.1, -0.05) is 82.2 Å². The number of hydroxylamine groups is 2. The minimum absolute atomic E-state index is 0.0673. The molecule has 24 heavy (non-hydrogen) atoms. The average molecular weight is 334 g/mol. The molecule has 0 saturated carbocycles. The molecule has 138 valence electrons. The molecule has 0 aliphatic carbocycles. The summed E-state index contributed by atoms with van der Waals surface area (Å²) < 4.78 is 0. The van der Waals surface area contributed by atoms with Crippen LogP contribution in [0.15, 0.2) is 30.3 Å². The number of nitrogens with zero attached hydrogens (tertiary/aromatic N) is 1. The first-order valence-corrected chi connectivity index (χ1v) is 9.98. The van der Waals surface area contributed by atoms with Crippen LogP contribution < -0.4 is 0 Å². The summed E-state index contributed by atoms with van der Waals surface area (Å²) >= 11 is 0. The van der Waals surface area contributed by atoms with E-state index in [-0.39, 0.29) is 5.54 Å². The van der Waals surface area contributed by atoms with Crippen LogP contribution in [0.3, 0.4) is 0 Å². The van der Waals surface area contributed by atoms with Crippen molar-refractivity contribution in [2.45, 2.75) is 91.0 Å². The van der Waals surface area contributed by atoms with Crippen LogP contribution in [0.4, 0.5) is 0 Å². The number of hydrogen-bond acceptors (Lipinski definition) is 2. The van der Waals surface area contributed by atoms with E-state index in [1.54, 1.807) is 0 Å². The maximum Gasteiger partial charge on any atom is 0.0725 e. The summed E-state index contributed by atoms with van der Waals surface area (Å²) in [5, 5.41) is 2.19. The Labute approximate surface area is 150 Å². The molecule has 0 atom stereocenters. The summed E-state index contributed by atoms with van der Waals surface area (Å²) in [6.45, 7) is 10.8. The van der Waals surface area contributed by atoms with Crippen LogP contribution in [0.5, 0.6) is 0 Å². The van der Waals surface area contributed by atoms with Crippen LogP contribution in [-0.2, 0) is 11.3 Å². The van der Waals surface area contributed by atoms with E-state index in [2.05, 4.69) is 63.1 Å². The maximum atomic E-state index is 6.10. The van der Waals surface area contributed by atoms with E-state index < -0.39 is 0 Å². The first-order valence-electron chi connectivity index (χ1n) is 9.98. The lowest BCUT2D eigenvalue weighted by atomic mass is 10.1. The molecule has 0 radical (unpaired) electrons. The first kappa shape index (κ1) is 21.2. The molecule has 0 N–H and O–H groups in total. The van der Waals surface area contributed by atoms with Gasteiger partial charge in [-0.3, -0.25) is 4.84 Å². The highest BCUT2D eigenvalue weighted by Gasteiger charge is 2.21. The third kappa shape index (κ3) is 10.1. The Morgan fingerprint density at radius 2 is 1.42 bits per heavy atom. The molecule has 0 bridgehead atoms. The summed E-state index contributed by atoms with van der Waals surface area (Å²) in [5.74, 6) is 0. The minimum atomic E-state index is 0.0673. The van der Waals surface area contributed by atoms with Gasteiger partial charge in [0.15, 0.2) is 0 Å². The molecule has 0 aliphatic heterocycles. The largest absolute Gasteiger partial charge is 0.298 e. The standard InChI is InChI=1S/C22H39NO/c1-5-6-7-8-9-10-11-15-19-23(22(2,3)4)24-20-18-21-16-13-12-14-17-21/h12-14,16-17H,5-11,15,18-20H2,1-4H3. The Hall–Kier alpha value is -0.860. The second-order valence-electron chi connectivity index (χ2n) is 7.82. The molecule has 0 saturated heterocycles. The molecule has 0 aromatic heterocycles. The highest BCUT2D eigenvalue weighted by atomic mass is 16.7. The average Bonchev–Trinajstić information content (AvgIpc) is 2.55. The van der Waals surface area contributed by atoms with Gasteiger partial charge in [-0.25, -0.2) is 0 Å². The second-order valence-corrected chi connectivity index (χ2v) is 7.82. The van der Waals surface area contributed by atoms with Gasteiger partial charge in [0.05, 0.1) is 6.61 Å². The van der Waals surface area contributed by atoms with Crippen molar-refractivity contribution < 1.29 is 4.84 Å². The van der Waals surface area contributed by atoms with Crippen LogP contribution in [0, 0.1) is 0 Å². The van der Waals surface area contributed by atoms with Gasteiger partial charge < -0.3 is 0 Å². The van der Waals surface area contributed by atoms with Gasteiger partial charge in [-0.2, -0.15) is 5.06 Å². The molecule has 0 spiro atoms. The quantitative estimate of drug-likeness (QED) is 0.306. The van der Waals surface area contributed by atoms with Gasteiger partial charge in [0.2, 0.25) is 0 Å². The normalized spacial score (nSPS) is 12.0. The summed E-state index contributed by atoms with van der Waals surface area (Å²) in [5.41, 5.74) is 1.41. The number of hydrogen-bond donors (Lipinski definition) is 0. The van der Waals surface area contributed by atoms with Crippen molar-refractivity contribution >= 4 is 0 Å². The smallest absolute Gasteiger partial charge is 0.0725 e. The van der Waals surface area contributed by atoms with Crippen molar-refractivity contribution in [1.29, 1.82) is 0 Å². The third-order valence-corrected chi connectivity index (χ3v) is 4.44. The van der Waals surface area contributed by atoms with E-state index in [0.717, 1.165) is 19.6 Å². The number of benzene rings is 1. The zero-order valence-electron chi connectivity index (χ0n) is 16.5. The zero-order valence-corrected chi connectivity index (χ0v) is 16.5. The summed E-state index contributed by atoms with van der Waals surface area (Å²) in [4.78, 5) is 6.10.